The number of rotatable bonds is 3. The Balaban J connectivity index is 2.71. The van der Waals surface area contributed by atoms with E-state index in [4.69, 9.17) is 0 Å². The summed E-state index contributed by atoms with van der Waals surface area (Å²) in [5, 5.41) is 20.3. The zero-order chi connectivity index (χ0) is 11.4. The Morgan fingerprint density at radius 3 is 2.67 bits per heavy atom. The first kappa shape index (κ1) is 11.9. The average molecular weight is 217 g/mol. The molecule has 1 saturated carbocycles. The Labute approximate surface area is 87.4 Å². The van der Waals surface area contributed by atoms with E-state index in [0.29, 0.717) is 12.8 Å². The molecule has 6 heteroatoms. The largest absolute Gasteiger partial charge is 0.467 e. The molecule has 0 aromatic heterocycles. The SMILES string of the molecule is COC(=O)C(O)[C@H]1CCCC[C@H]1[N+](=O)[O-]. The predicted molar refractivity (Wildman–Crippen MR) is 50.8 cm³/mol. The predicted octanol–water partition coefficient (Wildman–Crippen LogP) is 0.356. The molecular formula is C9H15NO5. The molecule has 0 aromatic carbocycles. The third kappa shape index (κ3) is 2.65. The number of esters is 1. The van der Waals surface area contributed by atoms with E-state index in [-0.39, 0.29) is 0 Å². The molecule has 1 rings (SSSR count). The number of nitrogens with zero attached hydrogens (tertiary/aromatic N) is 1. The fourth-order valence-corrected chi connectivity index (χ4v) is 2.07. The molecule has 1 N–H and O–H groups in total. The number of aliphatic hydroxyl groups is 1. The van der Waals surface area contributed by atoms with E-state index in [1.165, 1.54) is 0 Å². The fourth-order valence-electron chi connectivity index (χ4n) is 2.07. The molecule has 86 valence electrons. The minimum absolute atomic E-state index is 0.407. The first-order valence-corrected chi connectivity index (χ1v) is 4.97. The summed E-state index contributed by atoms with van der Waals surface area (Å²) in [6, 6.07) is -0.826. The van der Waals surface area contributed by atoms with Crippen molar-refractivity contribution < 1.29 is 19.6 Å². The lowest BCUT2D eigenvalue weighted by molar-refractivity contribution is -0.537. The second kappa shape index (κ2) is 5.06. The van der Waals surface area contributed by atoms with Gasteiger partial charge in [-0.25, -0.2) is 4.79 Å². The molecule has 0 amide bonds. The first-order chi connectivity index (χ1) is 7.07. The van der Waals surface area contributed by atoms with E-state index in [2.05, 4.69) is 4.74 Å². The van der Waals surface area contributed by atoms with Crippen LogP contribution in [0.15, 0.2) is 0 Å². The first-order valence-electron chi connectivity index (χ1n) is 4.97. The number of ether oxygens (including phenoxy) is 1. The highest BCUT2D eigenvalue weighted by atomic mass is 16.6. The third-order valence-electron chi connectivity index (χ3n) is 2.90. The van der Waals surface area contributed by atoms with Gasteiger partial charge in [0.05, 0.1) is 13.0 Å². The third-order valence-corrected chi connectivity index (χ3v) is 2.90. The van der Waals surface area contributed by atoms with Crippen molar-refractivity contribution in [3.05, 3.63) is 10.1 Å². The monoisotopic (exact) mass is 217 g/mol. The van der Waals surface area contributed by atoms with Crippen molar-refractivity contribution in [2.45, 2.75) is 37.8 Å². The van der Waals surface area contributed by atoms with Crippen LogP contribution in [-0.2, 0) is 9.53 Å². The summed E-state index contributed by atoms with van der Waals surface area (Å²) in [5.41, 5.74) is 0. The molecule has 0 aromatic rings. The van der Waals surface area contributed by atoms with Gasteiger partial charge in [-0.1, -0.05) is 6.42 Å². The van der Waals surface area contributed by atoms with Gasteiger partial charge in [0, 0.05) is 11.3 Å². The quantitative estimate of drug-likeness (QED) is 0.418. The molecular weight excluding hydrogens is 202 g/mol. The van der Waals surface area contributed by atoms with Gasteiger partial charge in [-0.3, -0.25) is 10.1 Å². The lowest BCUT2D eigenvalue weighted by atomic mass is 9.81. The van der Waals surface area contributed by atoms with E-state index >= 15 is 0 Å². The molecule has 6 nitrogen and oxygen atoms in total. The highest BCUT2D eigenvalue weighted by Gasteiger charge is 2.41. The van der Waals surface area contributed by atoms with Crippen molar-refractivity contribution in [2.24, 2.45) is 5.92 Å². The lowest BCUT2D eigenvalue weighted by Crippen LogP contribution is -2.43. The van der Waals surface area contributed by atoms with Crippen molar-refractivity contribution in [1.29, 1.82) is 0 Å². The summed E-state index contributed by atoms with van der Waals surface area (Å²) < 4.78 is 4.38. The molecule has 15 heavy (non-hydrogen) atoms. The van der Waals surface area contributed by atoms with Crippen LogP contribution in [0.5, 0.6) is 0 Å². The highest BCUT2D eigenvalue weighted by molar-refractivity contribution is 5.74. The van der Waals surface area contributed by atoms with Crippen LogP contribution in [0.3, 0.4) is 0 Å². The molecule has 1 unspecified atom stereocenters. The molecule has 1 aliphatic carbocycles. The molecule has 0 aliphatic heterocycles. The Hall–Kier alpha value is -1.17. The molecule has 0 heterocycles. The van der Waals surface area contributed by atoms with Gasteiger partial charge in [0.2, 0.25) is 6.04 Å². The van der Waals surface area contributed by atoms with Gasteiger partial charge >= 0.3 is 5.97 Å². The van der Waals surface area contributed by atoms with Crippen molar-refractivity contribution in [3.8, 4) is 0 Å². The highest BCUT2D eigenvalue weighted by Crippen LogP contribution is 2.29. The van der Waals surface area contributed by atoms with Gasteiger partial charge in [-0.05, 0) is 12.8 Å². The van der Waals surface area contributed by atoms with Crippen LogP contribution < -0.4 is 0 Å². The van der Waals surface area contributed by atoms with Crippen molar-refractivity contribution in [2.75, 3.05) is 7.11 Å². The van der Waals surface area contributed by atoms with E-state index < -0.39 is 29.0 Å². The normalized spacial score (nSPS) is 28.1. The Morgan fingerprint density at radius 1 is 1.53 bits per heavy atom. The average Bonchev–Trinajstić information content (AvgIpc) is 2.27. The standard InChI is InChI=1S/C9H15NO5/c1-15-9(12)8(11)6-4-2-3-5-7(6)10(13)14/h6-8,11H,2-5H2,1H3/t6-,7+,8?/m0/s1. The maximum atomic E-state index is 11.1. The topological polar surface area (TPSA) is 89.7 Å². The second-order valence-corrected chi connectivity index (χ2v) is 3.77. The van der Waals surface area contributed by atoms with Crippen molar-refractivity contribution in [3.63, 3.8) is 0 Å². The van der Waals surface area contributed by atoms with Gasteiger partial charge in [0.15, 0.2) is 6.10 Å². The maximum Gasteiger partial charge on any atom is 0.335 e. The van der Waals surface area contributed by atoms with Crippen LogP contribution in [-0.4, -0.2) is 35.3 Å². The molecule has 0 radical (unpaired) electrons. The summed E-state index contributed by atoms with van der Waals surface area (Å²) in [4.78, 5) is 21.4. The number of carbonyl (C=O) groups is 1. The number of nitro groups is 1. The van der Waals surface area contributed by atoms with E-state index in [9.17, 15) is 20.0 Å². The Kier molecular flexibility index (Phi) is 4.02. The number of carbonyl (C=O) groups excluding carboxylic acids is 1. The minimum Gasteiger partial charge on any atom is -0.467 e. The number of hydrogen-bond donors (Lipinski definition) is 1. The number of methoxy groups -OCH3 is 1. The smallest absolute Gasteiger partial charge is 0.335 e. The van der Waals surface area contributed by atoms with Crippen molar-refractivity contribution in [1.82, 2.24) is 0 Å². The second-order valence-electron chi connectivity index (χ2n) is 3.77. The molecule has 0 spiro atoms. The Bertz CT molecular complexity index is 255. The maximum absolute atomic E-state index is 11.1. The molecule has 1 aliphatic rings. The summed E-state index contributed by atoms with van der Waals surface area (Å²) in [6.07, 6.45) is 1.14. The van der Waals surface area contributed by atoms with Gasteiger partial charge in [-0.2, -0.15) is 0 Å². The molecule has 0 saturated heterocycles. The van der Waals surface area contributed by atoms with Crippen molar-refractivity contribution >= 4 is 5.97 Å². The number of hydrogen-bond acceptors (Lipinski definition) is 5. The van der Waals surface area contributed by atoms with Crippen LogP contribution in [0.25, 0.3) is 0 Å². The zero-order valence-electron chi connectivity index (χ0n) is 8.59. The fraction of sp³-hybridized carbons (Fsp3) is 0.889. The van der Waals surface area contributed by atoms with E-state index in [0.717, 1.165) is 20.0 Å². The van der Waals surface area contributed by atoms with Crippen LogP contribution in [0.1, 0.15) is 25.7 Å². The van der Waals surface area contributed by atoms with E-state index in [1.807, 2.05) is 0 Å². The minimum atomic E-state index is -1.37. The van der Waals surface area contributed by atoms with Crippen LogP contribution >= 0.6 is 0 Å². The zero-order valence-corrected chi connectivity index (χ0v) is 8.59. The lowest BCUT2D eigenvalue weighted by Gasteiger charge is -2.27. The summed E-state index contributed by atoms with van der Waals surface area (Å²) in [5.74, 6) is -1.39. The Morgan fingerprint density at radius 2 is 2.13 bits per heavy atom. The van der Waals surface area contributed by atoms with Crippen LogP contribution in [0, 0.1) is 16.0 Å². The summed E-state index contributed by atoms with van der Waals surface area (Å²) in [6.45, 7) is 0. The van der Waals surface area contributed by atoms with Gasteiger partial charge < -0.3 is 9.84 Å². The molecule has 3 atom stereocenters. The number of aliphatic hydroxyl groups excluding tert-OH is 1. The summed E-state index contributed by atoms with van der Waals surface area (Å²) >= 11 is 0. The molecule has 0 bridgehead atoms. The molecule has 1 fully saturated rings. The van der Waals surface area contributed by atoms with Gasteiger partial charge in [-0.15, -0.1) is 0 Å². The van der Waals surface area contributed by atoms with Gasteiger partial charge in [0.25, 0.3) is 0 Å². The van der Waals surface area contributed by atoms with Gasteiger partial charge in [0.1, 0.15) is 0 Å². The van der Waals surface area contributed by atoms with E-state index in [1.54, 1.807) is 0 Å². The van der Waals surface area contributed by atoms with Crippen LogP contribution in [0.2, 0.25) is 0 Å². The van der Waals surface area contributed by atoms with Crippen LogP contribution in [0.4, 0.5) is 0 Å². The summed E-state index contributed by atoms with van der Waals surface area (Å²) in [7, 11) is 1.16.